The van der Waals surface area contributed by atoms with E-state index in [1.165, 1.54) is 12.1 Å². The Kier molecular flexibility index (Phi) is 4.57. The van der Waals surface area contributed by atoms with Gasteiger partial charge in [-0.15, -0.1) is 0 Å². The van der Waals surface area contributed by atoms with Crippen molar-refractivity contribution in [2.45, 2.75) is 45.3 Å². The lowest BCUT2D eigenvalue weighted by Gasteiger charge is -2.11. The molecule has 0 bridgehead atoms. The van der Waals surface area contributed by atoms with Gasteiger partial charge in [0.05, 0.1) is 5.56 Å². The van der Waals surface area contributed by atoms with E-state index in [-0.39, 0.29) is 6.04 Å². The minimum atomic E-state index is -4.26. The van der Waals surface area contributed by atoms with E-state index in [1.54, 1.807) is 13.0 Å². The fraction of sp³-hybridized carbons (Fsp3) is 0.538. The van der Waals surface area contributed by atoms with Crippen LogP contribution in [0.5, 0.6) is 0 Å². The molecule has 0 saturated carbocycles. The Balaban J connectivity index is 2.76. The molecule has 1 rings (SSSR count). The first-order chi connectivity index (χ1) is 7.79. The van der Waals surface area contributed by atoms with Crippen molar-refractivity contribution in [3.63, 3.8) is 0 Å². The SMILES string of the molecule is Cc1cc(CCCC(C)N)cc(C(F)(F)F)c1. The van der Waals surface area contributed by atoms with Gasteiger partial charge >= 0.3 is 6.18 Å². The summed E-state index contributed by atoms with van der Waals surface area (Å²) in [5, 5.41) is 0. The van der Waals surface area contributed by atoms with Gasteiger partial charge in [-0.25, -0.2) is 0 Å². The summed E-state index contributed by atoms with van der Waals surface area (Å²) >= 11 is 0. The zero-order chi connectivity index (χ0) is 13.1. The monoisotopic (exact) mass is 245 g/mol. The van der Waals surface area contributed by atoms with Crippen LogP contribution >= 0.6 is 0 Å². The van der Waals surface area contributed by atoms with Crippen LogP contribution in [0.3, 0.4) is 0 Å². The van der Waals surface area contributed by atoms with Gasteiger partial charge in [-0.3, -0.25) is 0 Å². The first-order valence-electron chi connectivity index (χ1n) is 5.72. The van der Waals surface area contributed by atoms with Crippen molar-refractivity contribution in [3.05, 3.63) is 34.9 Å². The van der Waals surface area contributed by atoms with Crippen LogP contribution in [-0.4, -0.2) is 6.04 Å². The molecular weight excluding hydrogens is 227 g/mol. The number of halogens is 3. The molecule has 0 fully saturated rings. The predicted octanol–water partition coefficient (Wildman–Crippen LogP) is 3.68. The van der Waals surface area contributed by atoms with E-state index in [4.69, 9.17) is 5.73 Å². The highest BCUT2D eigenvalue weighted by Crippen LogP contribution is 2.30. The van der Waals surface area contributed by atoms with Gasteiger partial charge in [-0.05, 0) is 50.8 Å². The Morgan fingerprint density at radius 3 is 2.41 bits per heavy atom. The minimum absolute atomic E-state index is 0.0990. The van der Waals surface area contributed by atoms with Crippen LogP contribution in [0, 0.1) is 6.92 Å². The number of hydrogen-bond donors (Lipinski definition) is 1. The molecule has 1 nitrogen and oxygen atoms in total. The second-order valence-electron chi connectivity index (χ2n) is 4.57. The van der Waals surface area contributed by atoms with Crippen LogP contribution in [0.25, 0.3) is 0 Å². The fourth-order valence-electron chi connectivity index (χ4n) is 1.80. The fourth-order valence-corrected chi connectivity index (χ4v) is 1.80. The van der Waals surface area contributed by atoms with Crippen molar-refractivity contribution in [1.82, 2.24) is 0 Å². The molecule has 0 radical (unpaired) electrons. The summed E-state index contributed by atoms with van der Waals surface area (Å²) in [6, 6.07) is 4.31. The Morgan fingerprint density at radius 2 is 1.88 bits per heavy atom. The van der Waals surface area contributed by atoms with Crippen LogP contribution in [-0.2, 0) is 12.6 Å². The third-order valence-corrected chi connectivity index (χ3v) is 2.59. The summed E-state index contributed by atoms with van der Waals surface area (Å²) < 4.78 is 37.7. The first kappa shape index (κ1) is 14.0. The second-order valence-corrected chi connectivity index (χ2v) is 4.57. The first-order valence-corrected chi connectivity index (χ1v) is 5.72. The van der Waals surface area contributed by atoms with Gasteiger partial charge in [-0.2, -0.15) is 13.2 Å². The van der Waals surface area contributed by atoms with Gasteiger partial charge in [0, 0.05) is 6.04 Å². The lowest BCUT2D eigenvalue weighted by Crippen LogP contribution is -2.14. The smallest absolute Gasteiger partial charge is 0.328 e. The van der Waals surface area contributed by atoms with Crippen molar-refractivity contribution in [1.29, 1.82) is 0 Å². The summed E-state index contributed by atoms with van der Waals surface area (Å²) in [6.45, 7) is 3.59. The number of hydrogen-bond acceptors (Lipinski definition) is 1. The Labute approximate surface area is 99.8 Å². The molecule has 1 aromatic carbocycles. The standard InChI is InChI=1S/C13H18F3N/c1-9-6-11(5-3-4-10(2)17)8-12(7-9)13(14,15)16/h6-8,10H,3-5,17H2,1-2H3. The molecule has 0 aromatic heterocycles. The molecule has 17 heavy (non-hydrogen) atoms. The highest BCUT2D eigenvalue weighted by Gasteiger charge is 2.30. The van der Waals surface area contributed by atoms with Crippen LogP contribution in [0.15, 0.2) is 18.2 Å². The zero-order valence-electron chi connectivity index (χ0n) is 10.1. The minimum Gasteiger partial charge on any atom is -0.328 e. The summed E-state index contributed by atoms with van der Waals surface area (Å²) in [7, 11) is 0. The van der Waals surface area contributed by atoms with E-state index in [0.717, 1.165) is 18.4 Å². The quantitative estimate of drug-likeness (QED) is 0.860. The van der Waals surface area contributed by atoms with Crippen molar-refractivity contribution >= 4 is 0 Å². The number of benzene rings is 1. The van der Waals surface area contributed by atoms with Crippen LogP contribution in [0.1, 0.15) is 36.5 Å². The summed E-state index contributed by atoms with van der Waals surface area (Å²) in [5.74, 6) is 0. The van der Waals surface area contributed by atoms with Crippen LogP contribution in [0.4, 0.5) is 13.2 Å². The maximum absolute atomic E-state index is 12.6. The number of nitrogens with two attached hydrogens (primary N) is 1. The summed E-state index contributed by atoms with van der Waals surface area (Å²) in [4.78, 5) is 0. The van der Waals surface area contributed by atoms with Gasteiger partial charge < -0.3 is 5.73 Å². The molecular formula is C13H18F3N. The van der Waals surface area contributed by atoms with Gasteiger partial charge in [0.25, 0.3) is 0 Å². The molecule has 96 valence electrons. The Bertz CT molecular complexity index is 369. The topological polar surface area (TPSA) is 26.0 Å². The average molecular weight is 245 g/mol. The third kappa shape index (κ3) is 4.77. The lowest BCUT2D eigenvalue weighted by molar-refractivity contribution is -0.137. The molecule has 1 atom stereocenters. The average Bonchev–Trinajstić information content (AvgIpc) is 2.14. The highest BCUT2D eigenvalue weighted by molar-refractivity contribution is 5.31. The molecule has 1 aromatic rings. The van der Waals surface area contributed by atoms with E-state index in [0.29, 0.717) is 12.0 Å². The molecule has 0 aliphatic heterocycles. The van der Waals surface area contributed by atoms with Crippen molar-refractivity contribution in [2.24, 2.45) is 5.73 Å². The number of aryl methyl sites for hydroxylation is 2. The Morgan fingerprint density at radius 1 is 1.24 bits per heavy atom. The van der Waals surface area contributed by atoms with Crippen LogP contribution in [0.2, 0.25) is 0 Å². The van der Waals surface area contributed by atoms with Crippen molar-refractivity contribution < 1.29 is 13.2 Å². The van der Waals surface area contributed by atoms with E-state index >= 15 is 0 Å². The molecule has 1 unspecified atom stereocenters. The molecule has 0 heterocycles. The highest BCUT2D eigenvalue weighted by atomic mass is 19.4. The van der Waals surface area contributed by atoms with Crippen molar-refractivity contribution in [2.75, 3.05) is 0 Å². The van der Waals surface area contributed by atoms with Crippen LogP contribution < -0.4 is 5.73 Å². The van der Waals surface area contributed by atoms with Crippen molar-refractivity contribution in [3.8, 4) is 0 Å². The Hall–Kier alpha value is -1.03. The molecule has 0 aliphatic rings. The third-order valence-electron chi connectivity index (χ3n) is 2.59. The maximum Gasteiger partial charge on any atom is 0.416 e. The number of rotatable bonds is 4. The molecule has 4 heteroatoms. The molecule has 2 N–H and O–H groups in total. The van der Waals surface area contributed by atoms with Gasteiger partial charge in [0.2, 0.25) is 0 Å². The number of alkyl halides is 3. The van der Waals surface area contributed by atoms with E-state index < -0.39 is 11.7 Å². The maximum atomic E-state index is 12.6. The van der Waals surface area contributed by atoms with E-state index in [1.807, 2.05) is 6.92 Å². The molecule has 0 aliphatic carbocycles. The second kappa shape index (κ2) is 5.54. The largest absolute Gasteiger partial charge is 0.416 e. The molecule has 0 saturated heterocycles. The van der Waals surface area contributed by atoms with E-state index in [9.17, 15) is 13.2 Å². The normalized spacial score (nSPS) is 13.8. The van der Waals surface area contributed by atoms with Gasteiger partial charge in [-0.1, -0.05) is 11.6 Å². The zero-order valence-corrected chi connectivity index (χ0v) is 10.1. The van der Waals surface area contributed by atoms with Gasteiger partial charge in [0.1, 0.15) is 0 Å². The lowest BCUT2D eigenvalue weighted by atomic mass is 10.0. The summed E-state index contributed by atoms with van der Waals surface area (Å²) in [5.41, 5.74) is 6.43. The molecule has 0 amide bonds. The predicted molar refractivity (Wildman–Crippen MR) is 62.8 cm³/mol. The van der Waals surface area contributed by atoms with Gasteiger partial charge in [0.15, 0.2) is 0 Å². The van der Waals surface area contributed by atoms with E-state index in [2.05, 4.69) is 0 Å². The molecule has 0 spiro atoms. The summed E-state index contributed by atoms with van der Waals surface area (Å²) in [6.07, 6.45) is -1.97.